The molecule has 1 aromatic carbocycles. The highest BCUT2D eigenvalue weighted by Gasteiger charge is 2.37. The minimum atomic E-state index is -1.22. The normalized spacial score (nSPS) is 18.1. The average Bonchev–Trinajstić information content (AvgIpc) is 3.50. The SMILES string of the molecule is CC(N)C(=O)N1CCCC1C(=O)NC(Cc1ccccc1)C(=O)NC(Cc1cnc[nH]1)C(=O)O. The van der Waals surface area contributed by atoms with E-state index in [0.717, 1.165) is 5.56 Å². The molecule has 0 spiro atoms. The molecule has 3 rings (SSSR count). The number of aromatic amines is 1. The summed E-state index contributed by atoms with van der Waals surface area (Å²) in [5, 5.41) is 14.9. The van der Waals surface area contributed by atoms with E-state index in [0.29, 0.717) is 25.1 Å². The van der Waals surface area contributed by atoms with Gasteiger partial charge >= 0.3 is 5.97 Å². The molecule has 1 fully saturated rings. The second-order valence-electron chi connectivity index (χ2n) is 8.41. The van der Waals surface area contributed by atoms with Crippen molar-refractivity contribution in [2.75, 3.05) is 6.54 Å². The Balaban J connectivity index is 1.76. The molecule has 0 bridgehead atoms. The molecule has 1 aromatic heterocycles. The summed E-state index contributed by atoms with van der Waals surface area (Å²) in [4.78, 5) is 58.5. The van der Waals surface area contributed by atoms with Crippen LogP contribution in [-0.2, 0) is 32.0 Å². The first-order chi connectivity index (χ1) is 16.3. The number of carbonyl (C=O) groups is 4. The number of hydrogen-bond acceptors (Lipinski definition) is 6. The van der Waals surface area contributed by atoms with Gasteiger partial charge in [0, 0.05) is 31.3 Å². The Morgan fingerprint density at radius 1 is 1.18 bits per heavy atom. The maximum absolute atomic E-state index is 13.1. The highest BCUT2D eigenvalue weighted by Crippen LogP contribution is 2.19. The minimum Gasteiger partial charge on any atom is -0.480 e. The predicted molar refractivity (Wildman–Crippen MR) is 122 cm³/mol. The number of benzene rings is 1. The molecule has 2 heterocycles. The zero-order valence-corrected chi connectivity index (χ0v) is 18.9. The lowest BCUT2D eigenvalue weighted by molar-refractivity contribution is -0.143. The summed E-state index contributed by atoms with van der Waals surface area (Å²) >= 11 is 0. The van der Waals surface area contributed by atoms with Crippen LogP contribution in [0.25, 0.3) is 0 Å². The van der Waals surface area contributed by atoms with E-state index in [1.807, 2.05) is 30.3 Å². The maximum Gasteiger partial charge on any atom is 0.326 e. The van der Waals surface area contributed by atoms with Crippen LogP contribution < -0.4 is 16.4 Å². The van der Waals surface area contributed by atoms with Crippen LogP contribution in [0.5, 0.6) is 0 Å². The van der Waals surface area contributed by atoms with E-state index in [4.69, 9.17) is 5.73 Å². The van der Waals surface area contributed by atoms with Crippen molar-refractivity contribution >= 4 is 23.7 Å². The number of carboxylic acids is 1. The molecule has 0 saturated carbocycles. The first-order valence-electron chi connectivity index (χ1n) is 11.2. The van der Waals surface area contributed by atoms with Crippen LogP contribution in [0.1, 0.15) is 31.0 Å². The van der Waals surface area contributed by atoms with Crippen molar-refractivity contribution in [1.82, 2.24) is 25.5 Å². The van der Waals surface area contributed by atoms with Gasteiger partial charge in [-0.05, 0) is 25.3 Å². The Bertz CT molecular complexity index is 995. The molecule has 34 heavy (non-hydrogen) atoms. The monoisotopic (exact) mass is 470 g/mol. The molecular weight excluding hydrogens is 440 g/mol. The van der Waals surface area contributed by atoms with E-state index in [2.05, 4.69) is 20.6 Å². The number of aromatic nitrogens is 2. The summed E-state index contributed by atoms with van der Waals surface area (Å²) in [6.45, 7) is 1.98. The molecule has 1 saturated heterocycles. The first-order valence-corrected chi connectivity index (χ1v) is 11.2. The lowest BCUT2D eigenvalue weighted by Gasteiger charge is -2.28. The topological polar surface area (TPSA) is 171 Å². The van der Waals surface area contributed by atoms with E-state index in [1.165, 1.54) is 17.4 Å². The predicted octanol–water partition coefficient (Wildman–Crippen LogP) is -0.413. The molecule has 3 amide bonds. The summed E-state index contributed by atoms with van der Waals surface area (Å²) < 4.78 is 0. The fraction of sp³-hybridized carbons (Fsp3) is 0.435. The lowest BCUT2D eigenvalue weighted by Crippen LogP contribution is -2.57. The van der Waals surface area contributed by atoms with Gasteiger partial charge < -0.3 is 31.4 Å². The third-order valence-corrected chi connectivity index (χ3v) is 5.74. The van der Waals surface area contributed by atoms with Crippen molar-refractivity contribution < 1.29 is 24.3 Å². The standard InChI is InChI=1S/C23H30N6O5/c1-14(24)22(32)29-9-5-8-19(29)21(31)27-17(10-15-6-3-2-4-7-15)20(30)28-18(23(33)34)11-16-12-25-13-26-16/h2-4,6-7,12-14,17-19H,5,8-11,24H2,1H3,(H,25,26)(H,27,31)(H,28,30)(H,33,34). The van der Waals surface area contributed by atoms with Gasteiger partial charge in [0.2, 0.25) is 17.7 Å². The summed E-state index contributed by atoms with van der Waals surface area (Å²) in [6, 6.07) is 5.35. The molecule has 0 radical (unpaired) electrons. The average molecular weight is 471 g/mol. The number of hydrogen-bond donors (Lipinski definition) is 5. The van der Waals surface area contributed by atoms with E-state index >= 15 is 0 Å². The molecule has 182 valence electrons. The highest BCUT2D eigenvalue weighted by atomic mass is 16.4. The number of amides is 3. The molecule has 4 unspecified atom stereocenters. The van der Waals surface area contributed by atoms with Gasteiger partial charge in [-0.1, -0.05) is 30.3 Å². The number of nitrogens with one attached hydrogen (secondary N) is 3. The van der Waals surface area contributed by atoms with Gasteiger partial charge in [0.25, 0.3) is 0 Å². The van der Waals surface area contributed by atoms with E-state index in [-0.39, 0.29) is 18.7 Å². The largest absolute Gasteiger partial charge is 0.480 e. The lowest BCUT2D eigenvalue weighted by atomic mass is 10.0. The number of carboxylic acid groups (broad SMARTS) is 1. The van der Waals surface area contributed by atoms with Crippen molar-refractivity contribution in [1.29, 1.82) is 0 Å². The van der Waals surface area contributed by atoms with Crippen LogP contribution in [0.15, 0.2) is 42.9 Å². The van der Waals surface area contributed by atoms with Crippen molar-refractivity contribution in [3.63, 3.8) is 0 Å². The number of nitrogens with zero attached hydrogens (tertiary/aromatic N) is 2. The Labute approximate surface area is 197 Å². The van der Waals surface area contributed by atoms with Crippen molar-refractivity contribution in [2.24, 2.45) is 5.73 Å². The molecule has 1 aliphatic heterocycles. The van der Waals surface area contributed by atoms with Crippen LogP contribution >= 0.6 is 0 Å². The Morgan fingerprint density at radius 3 is 2.53 bits per heavy atom. The van der Waals surface area contributed by atoms with Gasteiger partial charge in [-0.3, -0.25) is 14.4 Å². The summed E-state index contributed by atoms with van der Waals surface area (Å²) in [5.74, 6) is -2.64. The smallest absolute Gasteiger partial charge is 0.326 e. The number of aliphatic carboxylic acids is 1. The van der Waals surface area contributed by atoms with Crippen molar-refractivity contribution in [2.45, 2.75) is 56.8 Å². The fourth-order valence-electron chi connectivity index (χ4n) is 3.98. The van der Waals surface area contributed by atoms with Gasteiger partial charge in [0.15, 0.2) is 0 Å². The quantitative estimate of drug-likeness (QED) is 0.314. The Morgan fingerprint density at radius 2 is 1.91 bits per heavy atom. The Kier molecular flexibility index (Phi) is 8.36. The maximum atomic E-state index is 13.1. The van der Waals surface area contributed by atoms with Gasteiger partial charge in [0.1, 0.15) is 18.1 Å². The zero-order valence-electron chi connectivity index (χ0n) is 18.9. The molecule has 6 N–H and O–H groups in total. The van der Waals surface area contributed by atoms with Crippen LogP contribution in [0.4, 0.5) is 0 Å². The second kappa shape index (κ2) is 11.4. The molecule has 0 aliphatic carbocycles. The second-order valence-corrected chi connectivity index (χ2v) is 8.41. The minimum absolute atomic E-state index is 0.00632. The van der Waals surface area contributed by atoms with Crippen LogP contribution in [0.3, 0.4) is 0 Å². The highest BCUT2D eigenvalue weighted by molar-refractivity contribution is 5.94. The molecule has 2 aromatic rings. The van der Waals surface area contributed by atoms with Crippen LogP contribution in [-0.4, -0.2) is 74.4 Å². The van der Waals surface area contributed by atoms with Crippen molar-refractivity contribution in [3.8, 4) is 0 Å². The molecule has 11 nitrogen and oxygen atoms in total. The first kappa shape index (κ1) is 24.9. The van der Waals surface area contributed by atoms with Gasteiger partial charge in [0.05, 0.1) is 12.4 Å². The molecule has 1 aliphatic rings. The fourth-order valence-corrected chi connectivity index (χ4v) is 3.98. The summed E-state index contributed by atoms with van der Waals surface area (Å²) in [6.07, 6.45) is 4.18. The van der Waals surface area contributed by atoms with Crippen molar-refractivity contribution in [3.05, 3.63) is 54.1 Å². The molecule has 4 atom stereocenters. The number of imidazole rings is 1. The number of H-pyrrole nitrogens is 1. The summed E-state index contributed by atoms with van der Waals surface area (Å²) in [5.41, 5.74) is 7.06. The van der Waals surface area contributed by atoms with E-state index in [9.17, 15) is 24.3 Å². The van der Waals surface area contributed by atoms with Gasteiger partial charge in [-0.25, -0.2) is 9.78 Å². The van der Waals surface area contributed by atoms with E-state index in [1.54, 1.807) is 6.92 Å². The molecular formula is C23H30N6O5. The zero-order chi connectivity index (χ0) is 24.7. The Hall–Kier alpha value is -3.73. The number of carbonyl (C=O) groups excluding carboxylic acids is 3. The van der Waals surface area contributed by atoms with E-state index < -0.39 is 42.0 Å². The number of rotatable bonds is 10. The van der Waals surface area contributed by atoms with Crippen LogP contribution in [0.2, 0.25) is 0 Å². The van der Waals surface area contributed by atoms with Crippen LogP contribution in [0, 0.1) is 0 Å². The summed E-state index contributed by atoms with van der Waals surface area (Å²) in [7, 11) is 0. The third kappa shape index (κ3) is 6.41. The van der Waals surface area contributed by atoms with Gasteiger partial charge in [-0.2, -0.15) is 0 Å². The molecule has 11 heteroatoms. The van der Waals surface area contributed by atoms with Gasteiger partial charge in [-0.15, -0.1) is 0 Å². The number of likely N-dealkylation sites (tertiary alicyclic amines) is 1. The number of nitrogens with two attached hydrogens (primary N) is 1. The third-order valence-electron chi connectivity index (χ3n) is 5.74.